The normalized spacial score (nSPS) is 16.1. The lowest BCUT2D eigenvalue weighted by molar-refractivity contribution is 0.580. The van der Waals surface area contributed by atoms with Gasteiger partial charge in [-0.3, -0.25) is 0 Å². The highest BCUT2D eigenvalue weighted by atomic mass is 15.2. The Hall–Kier alpha value is -0.990. The van der Waals surface area contributed by atoms with Gasteiger partial charge in [-0.1, -0.05) is 12.8 Å². The van der Waals surface area contributed by atoms with E-state index in [-0.39, 0.29) is 0 Å². The van der Waals surface area contributed by atoms with Gasteiger partial charge in [0, 0.05) is 26.0 Å². The summed E-state index contributed by atoms with van der Waals surface area (Å²) in [5, 5.41) is 3.08. The maximum atomic E-state index is 4.20. The molecule has 0 atom stereocenters. The van der Waals surface area contributed by atoms with Gasteiger partial charge in [0.2, 0.25) is 5.95 Å². The van der Waals surface area contributed by atoms with E-state index in [2.05, 4.69) is 14.9 Å². The van der Waals surface area contributed by atoms with Gasteiger partial charge in [0.25, 0.3) is 0 Å². The Morgan fingerprint density at radius 2 is 2.46 bits per heavy atom. The highest BCUT2D eigenvalue weighted by Crippen LogP contribution is 2.33. The van der Waals surface area contributed by atoms with Gasteiger partial charge in [0.15, 0.2) is 0 Å². The first kappa shape index (κ1) is 8.60. The van der Waals surface area contributed by atoms with E-state index >= 15 is 0 Å². The second kappa shape index (κ2) is 3.81. The van der Waals surface area contributed by atoms with Gasteiger partial charge in [-0.25, -0.2) is 4.98 Å². The fourth-order valence-electron chi connectivity index (χ4n) is 1.67. The summed E-state index contributed by atoms with van der Waals surface area (Å²) in [6.07, 6.45) is 9.49. The largest absolute Gasteiger partial charge is 0.359 e. The Kier molecular flexibility index (Phi) is 2.52. The third-order valence-corrected chi connectivity index (χ3v) is 2.65. The maximum Gasteiger partial charge on any atom is 0.202 e. The van der Waals surface area contributed by atoms with Crippen molar-refractivity contribution in [2.24, 2.45) is 5.92 Å². The molecule has 2 rings (SSSR count). The molecule has 0 bridgehead atoms. The number of rotatable bonds is 5. The molecule has 1 N–H and O–H groups in total. The molecule has 13 heavy (non-hydrogen) atoms. The minimum atomic E-state index is 0.982. The van der Waals surface area contributed by atoms with E-state index in [1.165, 1.54) is 25.7 Å². The van der Waals surface area contributed by atoms with Crippen LogP contribution in [0.25, 0.3) is 0 Å². The zero-order valence-corrected chi connectivity index (χ0v) is 8.16. The van der Waals surface area contributed by atoms with Crippen LogP contribution >= 0.6 is 0 Å². The van der Waals surface area contributed by atoms with E-state index < -0.39 is 0 Å². The zero-order valence-electron chi connectivity index (χ0n) is 8.16. The number of hydrogen-bond donors (Lipinski definition) is 1. The molecule has 3 nitrogen and oxygen atoms in total. The second-order valence-corrected chi connectivity index (χ2v) is 3.78. The smallest absolute Gasteiger partial charge is 0.202 e. The maximum absolute atomic E-state index is 4.20. The van der Waals surface area contributed by atoms with E-state index in [4.69, 9.17) is 0 Å². The highest BCUT2D eigenvalue weighted by molar-refractivity contribution is 5.23. The standard InChI is InChI=1S/C10H17N3/c1-11-10-12-6-8-13(10)7-2-3-9-4-5-9/h6,8-9H,2-5,7H2,1H3,(H,11,12). The molecular formula is C10H17N3. The van der Waals surface area contributed by atoms with Crippen LogP contribution in [0.4, 0.5) is 5.95 Å². The van der Waals surface area contributed by atoms with Crippen LogP contribution in [-0.2, 0) is 6.54 Å². The Bertz CT molecular complexity index is 263. The summed E-state index contributed by atoms with van der Waals surface area (Å²) in [6.45, 7) is 1.10. The topological polar surface area (TPSA) is 29.9 Å². The van der Waals surface area contributed by atoms with Crippen LogP contribution in [-0.4, -0.2) is 16.6 Å². The van der Waals surface area contributed by atoms with Crippen LogP contribution in [0.3, 0.4) is 0 Å². The van der Waals surface area contributed by atoms with Gasteiger partial charge in [-0.15, -0.1) is 0 Å². The van der Waals surface area contributed by atoms with Gasteiger partial charge in [0.1, 0.15) is 0 Å². The molecule has 1 heterocycles. The van der Waals surface area contributed by atoms with E-state index in [1.54, 1.807) is 0 Å². The summed E-state index contributed by atoms with van der Waals surface area (Å²) in [4.78, 5) is 4.20. The molecule has 1 aliphatic carbocycles. The van der Waals surface area contributed by atoms with Crippen molar-refractivity contribution in [2.75, 3.05) is 12.4 Å². The summed E-state index contributed by atoms with van der Waals surface area (Å²) in [7, 11) is 1.92. The molecule has 1 fully saturated rings. The molecule has 0 aliphatic heterocycles. The van der Waals surface area contributed by atoms with Crippen molar-refractivity contribution in [3.05, 3.63) is 12.4 Å². The third kappa shape index (κ3) is 2.23. The number of nitrogens with zero attached hydrogens (tertiary/aromatic N) is 2. The summed E-state index contributed by atoms with van der Waals surface area (Å²) in [5.74, 6) is 2.03. The Labute approximate surface area is 79.2 Å². The number of imidazole rings is 1. The first-order chi connectivity index (χ1) is 6.40. The monoisotopic (exact) mass is 179 g/mol. The molecule has 0 spiro atoms. The van der Waals surface area contributed by atoms with Crippen LogP contribution in [0, 0.1) is 5.92 Å². The summed E-state index contributed by atoms with van der Waals surface area (Å²) in [5.41, 5.74) is 0. The lowest BCUT2D eigenvalue weighted by Crippen LogP contribution is -2.03. The fraction of sp³-hybridized carbons (Fsp3) is 0.700. The highest BCUT2D eigenvalue weighted by Gasteiger charge is 2.20. The van der Waals surface area contributed by atoms with Crippen molar-refractivity contribution < 1.29 is 0 Å². The molecule has 0 amide bonds. The summed E-state index contributed by atoms with van der Waals surface area (Å²) < 4.78 is 2.18. The van der Waals surface area contributed by atoms with E-state index in [1.807, 2.05) is 19.4 Å². The van der Waals surface area contributed by atoms with Crippen LogP contribution < -0.4 is 5.32 Å². The number of aromatic nitrogens is 2. The average Bonchev–Trinajstić information content (AvgIpc) is 2.84. The lowest BCUT2D eigenvalue weighted by Gasteiger charge is -2.05. The molecule has 0 aromatic carbocycles. The molecule has 0 radical (unpaired) electrons. The number of aryl methyl sites for hydroxylation is 1. The SMILES string of the molecule is CNc1nccn1CCCC1CC1. The van der Waals surface area contributed by atoms with Crippen LogP contribution in [0.2, 0.25) is 0 Å². The van der Waals surface area contributed by atoms with E-state index in [0.717, 1.165) is 18.4 Å². The van der Waals surface area contributed by atoms with Gasteiger partial charge >= 0.3 is 0 Å². The average molecular weight is 179 g/mol. The number of nitrogens with one attached hydrogen (secondary N) is 1. The Morgan fingerprint density at radius 3 is 3.15 bits per heavy atom. The molecule has 0 saturated heterocycles. The zero-order chi connectivity index (χ0) is 9.10. The van der Waals surface area contributed by atoms with Crippen LogP contribution in [0.15, 0.2) is 12.4 Å². The molecule has 1 saturated carbocycles. The van der Waals surface area contributed by atoms with E-state index in [9.17, 15) is 0 Å². The fourth-order valence-corrected chi connectivity index (χ4v) is 1.67. The minimum absolute atomic E-state index is 0.982. The number of anilines is 1. The molecule has 3 heteroatoms. The first-order valence-corrected chi connectivity index (χ1v) is 5.09. The molecule has 0 unspecified atom stereocenters. The Morgan fingerprint density at radius 1 is 1.62 bits per heavy atom. The van der Waals surface area contributed by atoms with Crippen molar-refractivity contribution >= 4 is 5.95 Å². The minimum Gasteiger partial charge on any atom is -0.359 e. The predicted molar refractivity (Wildman–Crippen MR) is 53.7 cm³/mol. The molecule has 1 aromatic rings. The molecular weight excluding hydrogens is 162 g/mol. The quantitative estimate of drug-likeness (QED) is 0.750. The van der Waals surface area contributed by atoms with E-state index in [0.29, 0.717) is 0 Å². The predicted octanol–water partition coefficient (Wildman–Crippen LogP) is 2.12. The van der Waals surface area contributed by atoms with Gasteiger partial charge in [0.05, 0.1) is 0 Å². The second-order valence-electron chi connectivity index (χ2n) is 3.78. The third-order valence-electron chi connectivity index (χ3n) is 2.65. The van der Waals surface area contributed by atoms with Crippen molar-refractivity contribution in [2.45, 2.75) is 32.2 Å². The Balaban J connectivity index is 1.78. The summed E-state index contributed by atoms with van der Waals surface area (Å²) >= 11 is 0. The van der Waals surface area contributed by atoms with Gasteiger partial charge in [-0.05, 0) is 18.8 Å². The first-order valence-electron chi connectivity index (χ1n) is 5.09. The van der Waals surface area contributed by atoms with Crippen LogP contribution in [0.5, 0.6) is 0 Å². The van der Waals surface area contributed by atoms with Crippen molar-refractivity contribution in [3.63, 3.8) is 0 Å². The summed E-state index contributed by atoms with van der Waals surface area (Å²) in [6, 6.07) is 0. The number of hydrogen-bond acceptors (Lipinski definition) is 2. The molecule has 1 aliphatic rings. The van der Waals surface area contributed by atoms with Crippen molar-refractivity contribution in [1.82, 2.24) is 9.55 Å². The van der Waals surface area contributed by atoms with Crippen molar-refractivity contribution in [1.29, 1.82) is 0 Å². The molecule has 1 aromatic heterocycles. The molecule has 72 valence electrons. The van der Waals surface area contributed by atoms with Gasteiger partial charge < -0.3 is 9.88 Å². The lowest BCUT2D eigenvalue weighted by atomic mass is 10.2. The van der Waals surface area contributed by atoms with Crippen molar-refractivity contribution in [3.8, 4) is 0 Å². The van der Waals surface area contributed by atoms with Crippen LogP contribution in [0.1, 0.15) is 25.7 Å². The van der Waals surface area contributed by atoms with Gasteiger partial charge in [-0.2, -0.15) is 0 Å².